The van der Waals surface area contributed by atoms with Crippen LogP contribution < -0.4 is 4.74 Å². The van der Waals surface area contributed by atoms with E-state index < -0.39 is 6.10 Å². The lowest BCUT2D eigenvalue weighted by atomic mass is 10.1. The molecule has 1 atom stereocenters. The number of aliphatic hydroxyl groups is 1. The van der Waals surface area contributed by atoms with E-state index >= 15 is 0 Å². The van der Waals surface area contributed by atoms with E-state index in [0.717, 1.165) is 22.4 Å². The monoisotopic (exact) mass is 441 g/mol. The van der Waals surface area contributed by atoms with Crippen molar-refractivity contribution in [3.63, 3.8) is 0 Å². The maximum Gasteiger partial charge on any atom is 0.164 e. The maximum atomic E-state index is 9.52. The van der Waals surface area contributed by atoms with Gasteiger partial charge in [0.2, 0.25) is 0 Å². The van der Waals surface area contributed by atoms with Crippen LogP contribution in [0.3, 0.4) is 0 Å². The second-order valence-electron chi connectivity index (χ2n) is 7.55. The summed E-state index contributed by atoms with van der Waals surface area (Å²) in [6, 6.07) is 27.5. The third kappa shape index (κ3) is 6.22. The molecule has 1 heterocycles. The van der Waals surface area contributed by atoms with Gasteiger partial charge in [-0.15, -0.1) is 0 Å². The van der Waals surface area contributed by atoms with E-state index in [-0.39, 0.29) is 0 Å². The third-order valence-electron chi connectivity index (χ3n) is 5.09. The Labute approximate surface area is 193 Å². The van der Waals surface area contributed by atoms with Crippen LogP contribution in [0, 0.1) is 0 Å². The van der Waals surface area contributed by atoms with Crippen molar-refractivity contribution in [2.24, 2.45) is 0 Å². The van der Waals surface area contributed by atoms with Crippen LogP contribution in [0.25, 0.3) is 34.2 Å². The Morgan fingerprint density at radius 1 is 0.667 bits per heavy atom. The molecule has 168 valence electrons. The van der Waals surface area contributed by atoms with Crippen LogP contribution in [0.2, 0.25) is 0 Å². The van der Waals surface area contributed by atoms with E-state index in [1.54, 1.807) is 0 Å². The fraction of sp³-hybridized carbons (Fsp3) is 0.222. The van der Waals surface area contributed by atoms with Gasteiger partial charge in [-0.25, -0.2) is 15.0 Å². The molecule has 0 saturated heterocycles. The van der Waals surface area contributed by atoms with Crippen LogP contribution in [0.4, 0.5) is 0 Å². The Balaban J connectivity index is 1.53. The number of aromatic nitrogens is 3. The zero-order valence-electron chi connectivity index (χ0n) is 18.6. The van der Waals surface area contributed by atoms with Gasteiger partial charge in [0, 0.05) is 16.7 Å². The highest BCUT2D eigenvalue weighted by Crippen LogP contribution is 2.25. The van der Waals surface area contributed by atoms with Crippen molar-refractivity contribution >= 4 is 0 Å². The summed E-state index contributed by atoms with van der Waals surface area (Å²) in [6.45, 7) is 3.08. The lowest BCUT2D eigenvalue weighted by molar-refractivity contribution is 0.0233. The highest BCUT2D eigenvalue weighted by atomic mass is 16.5. The smallest absolute Gasteiger partial charge is 0.164 e. The summed E-state index contributed by atoms with van der Waals surface area (Å²) >= 11 is 0. The van der Waals surface area contributed by atoms with Gasteiger partial charge in [-0.1, -0.05) is 67.6 Å². The quantitative estimate of drug-likeness (QED) is 0.348. The minimum atomic E-state index is -0.425. The molecule has 0 aliphatic carbocycles. The summed E-state index contributed by atoms with van der Waals surface area (Å²) in [4.78, 5) is 14.2. The van der Waals surface area contributed by atoms with Crippen molar-refractivity contribution in [1.82, 2.24) is 15.0 Å². The number of nitrogens with zero attached hydrogens (tertiary/aromatic N) is 3. The Hall–Kier alpha value is -3.61. The minimum absolute atomic E-state index is 0.325. The van der Waals surface area contributed by atoms with Crippen LogP contribution in [0.1, 0.15) is 13.3 Å². The van der Waals surface area contributed by atoms with Gasteiger partial charge >= 0.3 is 0 Å². The first kappa shape index (κ1) is 22.6. The predicted octanol–water partition coefficient (Wildman–Crippen LogP) is 5.04. The largest absolute Gasteiger partial charge is 0.491 e. The first-order valence-corrected chi connectivity index (χ1v) is 11.1. The van der Waals surface area contributed by atoms with Crippen molar-refractivity contribution in [2.75, 3.05) is 19.8 Å². The van der Waals surface area contributed by atoms with Crippen molar-refractivity contribution in [2.45, 2.75) is 19.4 Å². The van der Waals surface area contributed by atoms with Crippen LogP contribution in [0.15, 0.2) is 84.9 Å². The number of rotatable bonds is 10. The number of ether oxygens (including phenoxy) is 2. The fourth-order valence-corrected chi connectivity index (χ4v) is 3.19. The topological polar surface area (TPSA) is 77.4 Å². The van der Waals surface area contributed by atoms with Crippen LogP contribution in [-0.2, 0) is 4.74 Å². The molecule has 4 aromatic rings. The Bertz CT molecular complexity index is 1080. The van der Waals surface area contributed by atoms with E-state index in [4.69, 9.17) is 24.4 Å². The average Bonchev–Trinajstić information content (AvgIpc) is 2.89. The third-order valence-corrected chi connectivity index (χ3v) is 5.09. The summed E-state index contributed by atoms with van der Waals surface area (Å²) in [5.41, 5.74) is 2.75. The molecular formula is C27H27N3O3. The van der Waals surface area contributed by atoms with Gasteiger partial charge in [-0.3, -0.25) is 0 Å². The molecule has 0 spiro atoms. The maximum absolute atomic E-state index is 9.52. The summed E-state index contributed by atoms with van der Waals surface area (Å²) in [7, 11) is 0. The molecule has 6 nitrogen and oxygen atoms in total. The zero-order chi connectivity index (χ0) is 22.9. The molecule has 0 bridgehead atoms. The molecule has 1 unspecified atom stereocenters. The molecule has 0 aliphatic rings. The van der Waals surface area contributed by atoms with Crippen molar-refractivity contribution < 1.29 is 14.6 Å². The van der Waals surface area contributed by atoms with E-state index in [1.807, 2.05) is 91.9 Å². The first-order chi connectivity index (χ1) is 16.2. The van der Waals surface area contributed by atoms with Crippen LogP contribution >= 0.6 is 0 Å². The SMILES string of the molecule is CCC(O)COCCOc1ccc(-c2nc(-c3ccccc3)nc(-c3ccccc3)n2)cc1. The minimum Gasteiger partial charge on any atom is -0.491 e. The Kier molecular flexibility index (Phi) is 7.74. The zero-order valence-corrected chi connectivity index (χ0v) is 18.6. The molecular weight excluding hydrogens is 414 g/mol. The van der Waals surface area contributed by atoms with E-state index in [2.05, 4.69) is 0 Å². The number of benzene rings is 3. The highest BCUT2D eigenvalue weighted by molar-refractivity contribution is 5.66. The van der Waals surface area contributed by atoms with Crippen molar-refractivity contribution in [3.05, 3.63) is 84.9 Å². The van der Waals surface area contributed by atoms with Gasteiger partial charge in [0.05, 0.1) is 19.3 Å². The summed E-state index contributed by atoms with van der Waals surface area (Å²) in [6.07, 6.45) is 0.253. The number of hydrogen-bond acceptors (Lipinski definition) is 6. The highest BCUT2D eigenvalue weighted by Gasteiger charge is 2.12. The van der Waals surface area contributed by atoms with Gasteiger partial charge in [-0.2, -0.15) is 0 Å². The number of hydrogen-bond donors (Lipinski definition) is 1. The van der Waals surface area contributed by atoms with E-state index in [0.29, 0.717) is 43.7 Å². The molecule has 0 aliphatic heterocycles. The molecule has 1 aromatic heterocycles. The summed E-state index contributed by atoms with van der Waals surface area (Å²) < 4.78 is 11.1. The predicted molar refractivity (Wildman–Crippen MR) is 129 cm³/mol. The second-order valence-corrected chi connectivity index (χ2v) is 7.55. The van der Waals surface area contributed by atoms with Crippen LogP contribution in [0.5, 0.6) is 5.75 Å². The average molecular weight is 442 g/mol. The van der Waals surface area contributed by atoms with E-state index in [9.17, 15) is 5.11 Å². The molecule has 0 amide bonds. The van der Waals surface area contributed by atoms with Gasteiger partial charge in [0.15, 0.2) is 17.5 Å². The molecule has 3 aromatic carbocycles. The van der Waals surface area contributed by atoms with Gasteiger partial charge in [-0.05, 0) is 30.7 Å². The second kappa shape index (κ2) is 11.3. The Morgan fingerprint density at radius 3 is 1.64 bits per heavy atom. The molecule has 1 N–H and O–H groups in total. The first-order valence-electron chi connectivity index (χ1n) is 11.1. The van der Waals surface area contributed by atoms with Crippen molar-refractivity contribution in [3.8, 4) is 39.9 Å². The normalized spacial score (nSPS) is 11.8. The van der Waals surface area contributed by atoms with Gasteiger partial charge < -0.3 is 14.6 Å². The Morgan fingerprint density at radius 2 is 1.15 bits per heavy atom. The molecule has 4 rings (SSSR count). The molecule has 0 saturated carbocycles. The summed E-state index contributed by atoms with van der Waals surface area (Å²) in [5.74, 6) is 2.60. The number of aliphatic hydroxyl groups excluding tert-OH is 1. The summed E-state index contributed by atoms with van der Waals surface area (Å²) in [5, 5.41) is 9.52. The standard InChI is InChI=1S/C27H27N3O3/c1-2-23(31)19-32-17-18-33-24-15-13-22(14-16-24)27-29-25(20-9-5-3-6-10-20)28-26(30-27)21-11-7-4-8-12-21/h3-16,23,31H,2,17-19H2,1H3. The molecule has 0 radical (unpaired) electrons. The van der Waals surface area contributed by atoms with Crippen LogP contribution in [-0.4, -0.2) is 46.0 Å². The molecule has 0 fully saturated rings. The lowest BCUT2D eigenvalue weighted by Crippen LogP contribution is -2.16. The fourth-order valence-electron chi connectivity index (χ4n) is 3.19. The van der Waals surface area contributed by atoms with Crippen molar-refractivity contribution in [1.29, 1.82) is 0 Å². The molecule has 33 heavy (non-hydrogen) atoms. The molecule has 6 heteroatoms. The van der Waals surface area contributed by atoms with Gasteiger partial charge in [0.25, 0.3) is 0 Å². The van der Waals surface area contributed by atoms with Gasteiger partial charge in [0.1, 0.15) is 12.4 Å². The van der Waals surface area contributed by atoms with E-state index in [1.165, 1.54) is 0 Å². The lowest BCUT2D eigenvalue weighted by Gasteiger charge is -2.11.